The van der Waals surface area contributed by atoms with Crippen molar-refractivity contribution < 1.29 is 9.13 Å². The molecule has 0 spiro atoms. The van der Waals surface area contributed by atoms with Crippen LogP contribution in [0.1, 0.15) is 37.3 Å². The quantitative estimate of drug-likeness (QED) is 0.269. The Balaban J connectivity index is 1.20. The molecule has 5 aromatic rings. The summed E-state index contributed by atoms with van der Waals surface area (Å²) in [5.74, 6) is 1.32. The molecule has 2 saturated heterocycles. The monoisotopic (exact) mass is 525 g/mol. The summed E-state index contributed by atoms with van der Waals surface area (Å²) in [4.78, 5) is 15.5. The van der Waals surface area contributed by atoms with E-state index in [2.05, 4.69) is 31.5 Å². The molecule has 0 radical (unpaired) electrons. The number of aromatic amines is 2. The van der Waals surface area contributed by atoms with Crippen molar-refractivity contribution in [2.24, 2.45) is 0 Å². The minimum atomic E-state index is -0.326. The minimum absolute atomic E-state index is 0.326. The molecular weight excluding hydrogens is 493 g/mol. The molecule has 0 atom stereocenters. The van der Waals surface area contributed by atoms with Crippen molar-refractivity contribution in [2.45, 2.75) is 31.6 Å². The average Bonchev–Trinajstić information content (AvgIpc) is 3.72. The number of benzene rings is 2. The molecule has 39 heavy (non-hydrogen) atoms. The SMILES string of the molecule is Fc1cc(OCCN2CCCC2)cc(-c2cccc3[nH]c(-c4n[nH]c5cnc(C6CCNCC6)cc45)nc23)c1. The maximum atomic E-state index is 14.7. The predicted molar refractivity (Wildman–Crippen MR) is 150 cm³/mol. The summed E-state index contributed by atoms with van der Waals surface area (Å²) in [5, 5.41) is 12.1. The smallest absolute Gasteiger partial charge is 0.159 e. The zero-order valence-corrected chi connectivity index (χ0v) is 21.8. The van der Waals surface area contributed by atoms with Gasteiger partial charge in [-0.2, -0.15) is 5.10 Å². The van der Waals surface area contributed by atoms with E-state index in [9.17, 15) is 4.39 Å². The van der Waals surface area contributed by atoms with Crippen LogP contribution >= 0.6 is 0 Å². The van der Waals surface area contributed by atoms with Crippen molar-refractivity contribution in [3.63, 3.8) is 0 Å². The van der Waals surface area contributed by atoms with Crippen LogP contribution in [-0.2, 0) is 0 Å². The van der Waals surface area contributed by atoms with Crippen LogP contribution in [0.5, 0.6) is 5.75 Å². The Morgan fingerprint density at radius 2 is 1.90 bits per heavy atom. The van der Waals surface area contributed by atoms with Gasteiger partial charge in [-0.05, 0) is 81.7 Å². The van der Waals surface area contributed by atoms with Crippen molar-refractivity contribution in [1.29, 1.82) is 0 Å². The molecule has 8 nitrogen and oxygen atoms in total. The fourth-order valence-corrected chi connectivity index (χ4v) is 5.93. The van der Waals surface area contributed by atoms with E-state index in [-0.39, 0.29) is 5.82 Å². The van der Waals surface area contributed by atoms with Gasteiger partial charge in [0.1, 0.15) is 23.9 Å². The number of nitrogens with one attached hydrogen (secondary N) is 3. The number of aromatic nitrogens is 5. The number of hydrogen-bond donors (Lipinski definition) is 3. The number of hydrogen-bond acceptors (Lipinski definition) is 6. The lowest BCUT2D eigenvalue weighted by Crippen LogP contribution is -2.27. The van der Waals surface area contributed by atoms with Crippen LogP contribution in [0.3, 0.4) is 0 Å². The van der Waals surface area contributed by atoms with E-state index in [0.29, 0.717) is 24.1 Å². The van der Waals surface area contributed by atoms with Gasteiger partial charge in [-0.15, -0.1) is 0 Å². The summed E-state index contributed by atoms with van der Waals surface area (Å²) < 4.78 is 20.7. The highest BCUT2D eigenvalue weighted by atomic mass is 19.1. The zero-order valence-electron chi connectivity index (χ0n) is 21.8. The van der Waals surface area contributed by atoms with Crippen LogP contribution in [0.4, 0.5) is 4.39 Å². The van der Waals surface area contributed by atoms with E-state index in [1.165, 1.54) is 25.0 Å². The molecule has 2 aliphatic rings. The molecule has 0 amide bonds. The van der Waals surface area contributed by atoms with E-state index in [1.54, 1.807) is 0 Å². The predicted octanol–water partition coefficient (Wildman–Crippen LogP) is 5.25. The number of nitrogens with zero attached hydrogens (tertiary/aromatic N) is 4. The minimum Gasteiger partial charge on any atom is -0.492 e. The molecule has 0 unspecified atom stereocenters. The summed E-state index contributed by atoms with van der Waals surface area (Å²) in [7, 11) is 0. The Morgan fingerprint density at radius 3 is 2.77 bits per heavy atom. The van der Waals surface area contributed by atoms with Gasteiger partial charge in [0.05, 0.1) is 22.7 Å². The first-order valence-corrected chi connectivity index (χ1v) is 13.9. The number of H-pyrrole nitrogens is 2. The second kappa shape index (κ2) is 10.4. The van der Waals surface area contributed by atoms with Crippen LogP contribution in [-0.4, -0.2) is 69.4 Å². The molecule has 5 heterocycles. The van der Waals surface area contributed by atoms with E-state index in [0.717, 1.165) is 90.0 Å². The summed E-state index contributed by atoms with van der Waals surface area (Å²) >= 11 is 0. The molecule has 3 N–H and O–H groups in total. The Bertz CT molecular complexity index is 1610. The van der Waals surface area contributed by atoms with Crippen LogP contribution in [0.2, 0.25) is 0 Å². The fourth-order valence-electron chi connectivity index (χ4n) is 5.93. The Morgan fingerprint density at radius 1 is 1.03 bits per heavy atom. The van der Waals surface area contributed by atoms with Gasteiger partial charge < -0.3 is 15.0 Å². The van der Waals surface area contributed by atoms with Gasteiger partial charge in [-0.25, -0.2) is 9.37 Å². The third-order valence-electron chi connectivity index (χ3n) is 8.02. The van der Waals surface area contributed by atoms with Crippen LogP contribution in [0, 0.1) is 5.82 Å². The third-order valence-corrected chi connectivity index (χ3v) is 8.02. The largest absolute Gasteiger partial charge is 0.492 e. The van der Waals surface area contributed by atoms with Gasteiger partial charge in [-0.3, -0.25) is 15.0 Å². The highest BCUT2D eigenvalue weighted by Crippen LogP contribution is 2.34. The Kier molecular flexibility index (Phi) is 6.46. The van der Waals surface area contributed by atoms with E-state index >= 15 is 0 Å². The lowest BCUT2D eigenvalue weighted by molar-refractivity contribution is 0.237. The van der Waals surface area contributed by atoms with Crippen molar-refractivity contribution in [2.75, 3.05) is 39.3 Å². The molecule has 3 aromatic heterocycles. The van der Waals surface area contributed by atoms with E-state index in [4.69, 9.17) is 14.7 Å². The molecule has 0 aliphatic carbocycles. The standard InChI is InChI=1S/C30H32FN7O/c31-21-14-20(15-22(16-21)39-13-12-38-10-1-2-11-38)23-4-3-5-25-28(23)35-30(34-25)29-24-17-26(19-6-8-32-9-7-19)33-18-27(24)36-37-29/h3-5,14-19,32H,1-2,6-13H2,(H,34,35)(H,36,37). The lowest BCUT2D eigenvalue weighted by atomic mass is 9.93. The van der Waals surface area contributed by atoms with Crippen molar-refractivity contribution >= 4 is 21.9 Å². The highest BCUT2D eigenvalue weighted by Gasteiger charge is 2.20. The maximum absolute atomic E-state index is 14.7. The van der Waals surface area contributed by atoms with E-state index in [1.807, 2.05) is 30.5 Å². The Hall–Kier alpha value is -3.82. The normalized spacial score (nSPS) is 16.9. The van der Waals surface area contributed by atoms with Crippen molar-refractivity contribution in [1.82, 2.24) is 35.4 Å². The molecule has 0 bridgehead atoms. The summed E-state index contributed by atoms with van der Waals surface area (Å²) in [5.41, 5.74) is 5.95. The number of ether oxygens (including phenoxy) is 1. The van der Waals surface area contributed by atoms with Crippen molar-refractivity contribution in [3.8, 4) is 28.4 Å². The van der Waals surface area contributed by atoms with E-state index < -0.39 is 0 Å². The Labute approximate surface area is 226 Å². The van der Waals surface area contributed by atoms with Gasteiger partial charge >= 0.3 is 0 Å². The second-order valence-corrected chi connectivity index (χ2v) is 10.6. The molecule has 2 aromatic carbocycles. The zero-order chi connectivity index (χ0) is 26.2. The first-order chi connectivity index (χ1) is 19.2. The van der Waals surface area contributed by atoms with Gasteiger partial charge in [0.2, 0.25) is 0 Å². The second-order valence-electron chi connectivity index (χ2n) is 10.6. The van der Waals surface area contributed by atoms with Crippen LogP contribution < -0.4 is 10.1 Å². The first kappa shape index (κ1) is 24.2. The molecule has 0 saturated carbocycles. The first-order valence-electron chi connectivity index (χ1n) is 13.9. The molecule has 7 rings (SSSR count). The van der Waals surface area contributed by atoms with Gasteiger partial charge in [0.15, 0.2) is 5.82 Å². The van der Waals surface area contributed by atoms with Crippen LogP contribution in [0.25, 0.3) is 44.6 Å². The number of piperidine rings is 1. The topological polar surface area (TPSA) is 94.8 Å². The van der Waals surface area contributed by atoms with Crippen LogP contribution in [0.15, 0.2) is 48.7 Å². The molecule has 2 fully saturated rings. The summed E-state index contributed by atoms with van der Waals surface area (Å²) in [6, 6.07) is 13.0. The third kappa shape index (κ3) is 4.88. The molecule has 9 heteroatoms. The number of halogens is 1. The lowest BCUT2D eigenvalue weighted by Gasteiger charge is -2.21. The van der Waals surface area contributed by atoms with Gasteiger partial charge in [0, 0.05) is 35.2 Å². The number of imidazole rings is 1. The molecular formula is C30H32FN7O. The number of para-hydroxylation sites is 1. The number of fused-ring (bicyclic) bond motifs is 2. The number of pyridine rings is 1. The van der Waals surface area contributed by atoms with Gasteiger partial charge in [-0.1, -0.05) is 12.1 Å². The summed E-state index contributed by atoms with van der Waals surface area (Å²) in [6.45, 7) is 5.65. The number of rotatable bonds is 7. The summed E-state index contributed by atoms with van der Waals surface area (Å²) in [6.07, 6.45) is 6.51. The van der Waals surface area contributed by atoms with Crippen molar-refractivity contribution in [3.05, 3.63) is 60.2 Å². The van der Waals surface area contributed by atoms with Gasteiger partial charge in [0.25, 0.3) is 0 Å². The highest BCUT2D eigenvalue weighted by molar-refractivity contribution is 5.97. The molecule has 200 valence electrons. The number of likely N-dealkylation sites (tertiary alicyclic amines) is 1. The average molecular weight is 526 g/mol. The fraction of sp³-hybridized carbons (Fsp3) is 0.367. The molecule has 2 aliphatic heterocycles. The maximum Gasteiger partial charge on any atom is 0.159 e.